The van der Waals surface area contributed by atoms with E-state index in [1.165, 1.54) is 0 Å². The summed E-state index contributed by atoms with van der Waals surface area (Å²) in [6.07, 6.45) is 0.0658. The van der Waals surface area contributed by atoms with Gasteiger partial charge in [-0.05, 0) is 37.5 Å². The van der Waals surface area contributed by atoms with Gasteiger partial charge in [0.05, 0.1) is 12.2 Å². The summed E-state index contributed by atoms with van der Waals surface area (Å²) >= 11 is 6.00. The Bertz CT molecular complexity index is 352. The van der Waals surface area contributed by atoms with Crippen molar-refractivity contribution in [1.29, 1.82) is 0 Å². The fourth-order valence-electron chi connectivity index (χ4n) is 1.58. The van der Waals surface area contributed by atoms with Crippen LogP contribution in [0, 0.1) is 5.92 Å². The fourth-order valence-corrected chi connectivity index (χ4v) is 1.78. The first-order valence-electron chi connectivity index (χ1n) is 6.08. The first-order chi connectivity index (χ1) is 7.91. The number of hydrogen-bond acceptors (Lipinski definition) is 2. The molecule has 1 rings (SSSR count). The van der Waals surface area contributed by atoms with E-state index in [1.807, 2.05) is 31.2 Å². The van der Waals surface area contributed by atoms with Crippen molar-refractivity contribution in [2.75, 3.05) is 0 Å². The van der Waals surface area contributed by atoms with E-state index in [4.69, 9.17) is 22.1 Å². The molecule has 96 valence electrons. The van der Waals surface area contributed by atoms with Crippen molar-refractivity contribution in [2.24, 2.45) is 11.7 Å². The Kier molecular flexibility index (Phi) is 5.44. The third kappa shape index (κ3) is 4.30. The van der Waals surface area contributed by atoms with Crippen LogP contribution in [0.5, 0.6) is 0 Å². The second-order valence-electron chi connectivity index (χ2n) is 4.92. The molecule has 0 aliphatic heterocycles. The molecule has 0 bridgehead atoms. The Morgan fingerprint density at radius 3 is 2.29 bits per heavy atom. The zero-order valence-electron chi connectivity index (χ0n) is 11.0. The van der Waals surface area contributed by atoms with E-state index in [0.717, 1.165) is 5.56 Å². The summed E-state index contributed by atoms with van der Waals surface area (Å²) < 4.78 is 6.03. The van der Waals surface area contributed by atoms with E-state index in [2.05, 4.69) is 20.8 Å². The Morgan fingerprint density at radius 1 is 1.18 bits per heavy atom. The van der Waals surface area contributed by atoms with E-state index in [-0.39, 0.29) is 18.2 Å². The predicted molar refractivity (Wildman–Crippen MR) is 73.2 cm³/mol. The summed E-state index contributed by atoms with van der Waals surface area (Å²) in [6, 6.07) is 7.65. The van der Waals surface area contributed by atoms with Crippen molar-refractivity contribution >= 4 is 11.6 Å². The molecule has 3 atom stereocenters. The molecule has 0 aromatic heterocycles. The summed E-state index contributed by atoms with van der Waals surface area (Å²) in [5.41, 5.74) is 7.04. The number of hydrogen-bond donors (Lipinski definition) is 1. The molecular formula is C14H22ClNO. The van der Waals surface area contributed by atoms with E-state index in [0.29, 0.717) is 10.9 Å². The normalized spacial score (nSPS) is 16.9. The van der Waals surface area contributed by atoms with Gasteiger partial charge < -0.3 is 10.5 Å². The minimum atomic E-state index is -0.105. The Labute approximate surface area is 109 Å². The van der Waals surface area contributed by atoms with Crippen LogP contribution < -0.4 is 5.73 Å². The number of benzene rings is 1. The third-order valence-corrected chi connectivity index (χ3v) is 3.19. The fraction of sp³-hybridized carbons (Fsp3) is 0.571. The van der Waals surface area contributed by atoms with Crippen LogP contribution in [0.1, 0.15) is 39.4 Å². The SMILES string of the molecule is CC(C)C(C)OC(c1cccc(Cl)c1)C(C)N. The number of rotatable bonds is 5. The van der Waals surface area contributed by atoms with Gasteiger partial charge in [0.2, 0.25) is 0 Å². The van der Waals surface area contributed by atoms with Crippen molar-refractivity contribution in [3.05, 3.63) is 34.9 Å². The molecule has 0 saturated heterocycles. The monoisotopic (exact) mass is 255 g/mol. The second kappa shape index (κ2) is 6.39. The third-order valence-electron chi connectivity index (χ3n) is 2.95. The smallest absolute Gasteiger partial charge is 0.0977 e. The van der Waals surface area contributed by atoms with Gasteiger partial charge in [-0.1, -0.05) is 37.6 Å². The molecule has 0 aliphatic carbocycles. The van der Waals surface area contributed by atoms with Gasteiger partial charge in [0.15, 0.2) is 0 Å². The maximum Gasteiger partial charge on any atom is 0.0977 e. The van der Waals surface area contributed by atoms with E-state index >= 15 is 0 Å². The molecule has 0 amide bonds. The molecule has 17 heavy (non-hydrogen) atoms. The molecule has 0 aliphatic rings. The zero-order chi connectivity index (χ0) is 13.0. The molecule has 0 saturated carbocycles. The van der Waals surface area contributed by atoms with Gasteiger partial charge in [0.25, 0.3) is 0 Å². The van der Waals surface area contributed by atoms with Gasteiger partial charge in [-0.25, -0.2) is 0 Å². The molecule has 0 heterocycles. The Hall–Kier alpha value is -0.570. The van der Waals surface area contributed by atoms with E-state index in [1.54, 1.807) is 0 Å². The highest BCUT2D eigenvalue weighted by molar-refractivity contribution is 6.30. The molecule has 0 spiro atoms. The molecule has 2 nitrogen and oxygen atoms in total. The number of nitrogens with two attached hydrogens (primary N) is 1. The number of ether oxygens (including phenoxy) is 1. The lowest BCUT2D eigenvalue weighted by molar-refractivity contribution is -0.0363. The Morgan fingerprint density at radius 2 is 1.82 bits per heavy atom. The molecule has 1 aromatic carbocycles. The van der Waals surface area contributed by atoms with Crippen LogP contribution in [0.4, 0.5) is 0 Å². The standard InChI is InChI=1S/C14H22ClNO/c1-9(2)11(4)17-14(10(3)16)12-6-5-7-13(15)8-12/h5-11,14H,16H2,1-4H3. The molecular weight excluding hydrogens is 234 g/mol. The van der Waals surface area contributed by atoms with Gasteiger partial charge in [-0.2, -0.15) is 0 Å². The van der Waals surface area contributed by atoms with Crippen molar-refractivity contribution in [3.63, 3.8) is 0 Å². The van der Waals surface area contributed by atoms with Crippen molar-refractivity contribution < 1.29 is 4.74 Å². The molecule has 3 unspecified atom stereocenters. The minimum absolute atomic E-state index is 0.0605. The van der Waals surface area contributed by atoms with Crippen molar-refractivity contribution in [1.82, 2.24) is 0 Å². The van der Waals surface area contributed by atoms with Crippen molar-refractivity contribution in [2.45, 2.75) is 45.9 Å². The first-order valence-corrected chi connectivity index (χ1v) is 6.46. The van der Waals surface area contributed by atoms with Gasteiger partial charge in [-0.3, -0.25) is 0 Å². The van der Waals surface area contributed by atoms with E-state index in [9.17, 15) is 0 Å². The van der Waals surface area contributed by atoms with Gasteiger partial charge in [0.1, 0.15) is 0 Å². The average Bonchev–Trinajstić information content (AvgIpc) is 2.24. The highest BCUT2D eigenvalue weighted by atomic mass is 35.5. The van der Waals surface area contributed by atoms with Crippen LogP contribution >= 0.6 is 11.6 Å². The largest absolute Gasteiger partial charge is 0.369 e. The Balaban J connectivity index is 2.86. The molecule has 2 N–H and O–H groups in total. The van der Waals surface area contributed by atoms with Crippen molar-refractivity contribution in [3.8, 4) is 0 Å². The van der Waals surface area contributed by atoms with Crippen LogP contribution in [0.2, 0.25) is 5.02 Å². The van der Waals surface area contributed by atoms with Crippen LogP contribution in [0.15, 0.2) is 24.3 Å². The minimum Gasteiger partial charge on any atom is -0.369 e. The second-order valence-corrected chi connectivity index (χ2v) is 5.36. The lowest BCUT2D eigenvalue weighted by atomic mass is 10.0. The maximum atomic E-state index is 6.03. The van der Waals surface area contributed by atoms with Crippen LogP contribution in [0.3, 0.4) is 0 Å². The molecule has 0 fully saturated rings. The summed E-state index contributed by atoms with van der Waals surface area (Å²) in [5.74, 6) is 0.468. The quantitative estimate of drug-likeness (QED) is 0.869. The molecule has 0 radical (unpaired) electrons. The highest BCUT2D eigenvalue weighted by Crippen LogP contribution is 2.26. The zero-order valence-corrected chi connectivity index (χ0v) is 11.7. The highest BCUT2D eigenvalue weighted by Gasteiger charge is 2.21. The van der Waals surface area contributed by atoms with Gasteiger partial charge in [-0.15, -0.1) is 0 Å². The molecule has 1 aromatic rings. The van der Waals surface area contributed by atoms with E-state index < -0.39 is 0 Å². The average molecular weight is 256 g/mol. The lowest BCUT2D eigenvalue weighted by Gasteiger charge is -2.27. The predicted octanol–water partition coefficient (Wildman–Crippen LogP) is 3.79. The first kappa shape index (κ1) is 14.5. The van der Waals surface area contributed by atoms with Crippen LogP contribution in [-0.2, 0) is 4.74 Å². The van der Waals surface area contributed by atoms with Gasteiger partial charge in [0, 0.05) is 11.1 Å². The summed E-state index contributed by atoms with van der Waals surface area (Å²) in [5, 5.41) is 0.717. The van der Waals surface area contributed by atoms with Crippen LogP contribution in [0.25, 0.3) is 0 Å². The summed E-state index contributed by atoms with van der Waals surface area (Å²) in [6.45, 7) is 8.31. The number of halogens is 1. The summed E-state index contributed by atoms with van der Waals surface area (Å²) in [7, 11) is 0. The van der Waals surface area contributed by atoms with Crippen LogP contribution in [-0.4, -0.2) is 12.1 Å². The summed E-state index contributed by atoms with van der Waals surface area (Å²) in [4.78, 5) is 0. The van der Waals surface area contributed by atoms with Gasteiger partial charge >= 0.3 is 0 Å². The maximum absolute atomic E-state index is 6.03. The lowest BCUT2D eigenvalue weighted by Crippen LogP contribution is -2.31. The molecule has 3 heteroatoms. The topological polar surface area (TPSA) is 35.2 Å².